The summed E-state index contributed by atoms with van der Waals surface area (Å²) in [5.41, 5.74) is 0.963. The van der Waals surface area contributed by atoms with Crippen LogP contribution < -0.4 is 4.72 Å². The van der Waals surface area contributed by atoms with E-state index in [0.29, 0.717) is 50.7 Å². The van der Waals surface area contributed by atoms with Crippen LogP contribution in [0.5, 0.6) is 0 Å². The summed E-state index contributed by atoms with van der Waals surface area (Å²) in [6.45, 7) is 11.5. The summed E-state index contributed by atoms with van der Waals surface area (Å²) in [7, 11) is 1.00. The van der Waals surface area contributed by atoms with Gasteiger partial charge in [-0.3, -0.25) is 9.52 Å². The van der Waals surface area contributed by atoms with Gasteiger partial charge in [0.25, 0.3) is 0 Å². The minimum Gasteiger partial charge on any atom is -0.400 e. The smallest absolute Gasteiger partial charge is 0.230 e. The lowest BCUT2D eigenvalue weighted by Crippen LogP contribution is -2.52. The van der Waals surface area contributed by atoms with Crippen molar-refractivity contribution < 1.29 is 23.1 Å². The van der Waals surface area contributed by atoms with Crippen molar-refractivity contribution in [3.63, 3.8) is 0 Å². The van der Waals surface area contributed by atoms with Gasteiger partial charge in [0.2, 0.25) is 5.91 Å². The van der Waals surface area contributed by atoms with Gasteiger partial charge in [-0.05, 0) is 129 Å². The molecule has 7 atom stereocenters. The average Bonchev–Trinajstić information content (AvgIpc) is 3.59. The Morgan fingerprint density at radius 3 is 2.07 bits per heavy atom. The van der Waals surface area contributed by atoms with Gasteiger partial charge >= 0.3 is 0 Å². The van der Waals surface area contributed by atoms with E-state index < -0.39 is 17.5 Å². The van der Waals surface area contributed by atoms with Gasteiger partial charge in [-0.2, -0.15) is 0 Å². The first-order chi connectivity index (χ1) is 21.9. The zero-order chi connectivity index (χ0) is 34.1. The Morgan fingerprint density at radius 2 is 1.46 bits per heavy atom. The first-order valence-corrected chi connectivity index (χ1v) is 20.1. The van der Waals surface area contributed by atoms with Gasteiger partial charge in [0, 0.05) is 29.1 Å². The van der Waals surface area contributed by atoms with Crippen molar-refractivity contribution in [2.75, 3.05) is 7.11 Å². The van der Waals surface area contributed by atoms with E-state index in [9.17, 15) is 18.0 Å². The Bertz CT molecular complexity index is 1090. The minimum atomic E-state index is -0.996. The third-order valence-corrected chi connectivity index (χ3v) is 14.6. The molecule has 1 amide bonds. The fourth-order valence-electron chi connectivity index (χ4n) is 10.3. The highest BCUT2D eigenvalue weighted by Gasteiger charge is 2.59. The Balaban J connectivity index is 0.000000452. The lowest BCUT2D eigenvalue weighted by atomic mass is 9.45. The molecule has 0 aromatic heterocycles. The molecule has 264 valence electrons. The molecular formula is C38H61F3INO2S. The molecule has 7 unspecified atom stereocenters. The van der Waals surface area contributed by atoms with Gasteiger partial charge in [-0.1, -0.05) is 82.9 Å². The Kier molecular flexibility index (Phi) is 15.6. The number of carbonyl (C=O) groups is 1. The molecule has 0 spiro atoms. The largest absolute Gasteiger partial charge is 0.400 e. The van der Waals surface area contributed by atoms with Crippen LogP contribution in [0.2, 0.25) is 0 Å². The molecule has 1 aromatic carbocycles. The van der Waals surface area contributed by atoms with Crippen molar-refractivity contribution in [3.05, 3.63) is 29.6 Å². The number of aliphatic hydroxyl groups is 1. The van der Waals surface area contributed by atoms with Gasteiger partial charge in [0.05, 0.1) is 0 Å². The second-order valence-electron chi connectivity index (χ2n) is 15.1. The van der Waals surface area contributed by atoms with Crippen LogP contribution in [-0.4, -0.2) is 21.5 Å². The van der Waals surface area contributed by atoms with Crippen LogP contribution >= 0.6 is 34.5 Å². The third-order valence-electron chi connectivity index (χ3n) is 12.6. The van der Waals surface area contributed by atoms with Gasteiger partial charge in [0.1, 0.15) is 22.3 Å². The van der Waals surface area contributed by atoms with Crippen LogP contribution in [0.1, 0.15) is 144 Å². The number of hydrogen-bond donors (Lipinski definition) is 2. The maximum atomic E-state index is 13.8. The molecule has 0 aliphatic heterocycles. The van der Waals surface area contributed by atoms with Gasteiger partial charge in [0.15, 0.2) is 0 Å². The minimum absolute atomic E-state index is 0.231. The molecule has 5 aliphatic carbocycles. The fourth-order valence-corrected chi connectivity index (χ4v) is 11.7. The molecular weight excluding hydrogens is 718 g/mol. The molecule has 3 nitrogen and oxygen atoms in total. The SMILES string of the molecule is CC.CC1(I)CCCC1.CC12CCCCC1CCC1C2CCC2(C)C(CCCC(=O)NSc3c(F)cc(F)cc3F)CCC12.CO. The van der Waals surface area contributed by atoms with Gasteiger partial charge in [-0.25, -0.2) is 13.2 Å². The van der Waals surface area contributed by atoms with Crippen LogP contribution in [0, 0.1) is 57.9 Å². The van der Waals surface area contributed by atoms with Crippen molar-refractivity contribution in [1.29, 1.82) is 0 Å². The van der Waals surface area contributed by atoms with E-state index in [1.807, 2.05) is 13.8 Å². The van der Waals surface area contributed by atoms with Crippen LogP contribution in [0.15, 0.2) is 17.0 Å². The van der Waals surface area contributed by atoms with E-state index in [2.05, 4.69) is 48.1 Å². The molecule has 8 heteroatoms. The molecule has 0 saturated heterocycles. The molecule has 0 heterocycles. The van der Waals surface area contributed by atoms with Gasteiger partial charge in [-0.15, -0.1) is 0 Å². The number of fused-ring (bicyclic) bond motifs is 5. The zero-order valence-electron chi connectivity index (χ0n) is 29.3. The van der Waals surface area contributed by atoms with Crippen LogP contribution in [0.3, 0.4) is 0 Å². The zero-order valence-corrected chi connectivity index (χ0v) is 32.3. The summed E-state index contributed by atoms with van der Waals surface area (Å²) in [5, 5.41) is 7.00. The quantitative estimate of drug-likeness (QED) is 0.172. The van der Waals surface area contributed by atoms with E-state index in [0.717, 1.165) is 43.6 Å². The normalized spacial score (nSPS) is 33.8. The Hall–Kier alpha value is -0.480. The molecule has 5 fully saturated rings. The lowest BCUT2D eigenvalue weighted by Gasteiger charge is -2.60. The number of rotatable bonds is 6. The number of alkyl halides is 1. The number of amides is 1. The molecule has 0 bridgehead atoms. The van der Waals surface area contributed by atoms with Crippen molar-refractivity contribution in [3.8, 4) is 0 Å². The van der Waals surface area contributed by atoms with E-state index in [4.69, 9.17) is 5.11 Å². The van der Waals surface area contributed by atoms with Crippen molar-refractivity contribution in [2.45, 2.75) is 152 Å². The highest BCUT2D eigenvalue weighted by atomic mass is 127. The standard InChI is InChI=1S/C29H40F3NOS.C6H11I.C2H6.CH4O/c1-28-14-4-3-6-18(28)9-11-21-22-12-10-19(29(22,2)15-13-23(21)28)7-5-8-26(34)33-35-27-24(31)16-20(30)17-25(27)32;1-6(7)4-2-3-5-6;2*1-2/h16-19,21-23H,3-15H2,1-2H3,(H,33,34);2-5H2,1H3;1-2H3;2H,1H3. The Morgan fingerprint density at radius 1 is 0.848 bits per heavy atom. The molecule has 5 aliphatic rings. The van der Waals surface area contributed by atoms with E-state index in [1.54, 1.807) is 0 Å². The number of carbonyl (C=O) groups excluding carboxylic acids is 1. The second-order valence-corrected chi connectivity index (χ2v) is 18.5. The van der Waals surface area contributed by atoms with E-state index >= 15 is 0 Å². The van der Waals surface area contributed by atoms with Crippen molar-refractivity contribution in [2.24, 2.45) is 40.4 Å². The first-order valence-electron chi connectivity index (χ1n) is 18.2. The number of nitrogens with one attached hydrogen (secondary N) is 1. The maximum absolute atomic E-state index is 13.8. The second kappa shape index (κ2) is 18.0. The van der Waals surface area contributed by atoms with Crippen LogP contribution in [0.25, 0.3) is 0 Å². The monoisotopic (exact) mass is 779 g/mol. The number of halogens is 4. The summed E-state index contributed by atoms with van der Waals surface area (Å²) in [6.07, 6.45) is 21.9. The molecule has 0 radical (unpaired) electrons. The van der Waals surface area contributed by atoms with Crippen LogP contribution in [-0.2, 0) is 4.79 Å². The predicted octanol–water partition coefficient (Wildman–Crippen LogP) is 11.8. The molecule has 6 rings (SSSR count). The highest BCUT2D eigenvalue weighted by Crippen LogP contribution is 2.67. The number of aliphatic hydroxyl groups excluding tert-OH is 1. The molecule has 5 saturated carbocycles. The summed E-state index contributed by atoms with van der Waals surface area (Å²) in [4.78, 5) is 12.0. The number of hydrogen-bond acceptors (Lipinski definition) is 3. The number of benzene rings is 1. The molecule has 46 heavy (non-hydrogen) atoms. The summed E-state index contributed by atoms with van der Waals surface area (Å²) in [6, 6.07) is 1.26. The lowest BCUT2D eigenvalue weighted by molar-refractivity contribution is -0.119. The maximum Gasteiger partial charge on any atom is 0.230 e. The van der Waals surface area contributed by atoms with E-state index in [1.165, 1.54) is 89.9 Å². The molecule has 1 aromatic rings. The molecule has 2 N–H and O–H groups in total. The fraction of sp³-hybridized carbons (Fsp3) is 0.816. The summed E-state index contributed by atoms with van der Waals surface area (Å²) in [5.74, 6) is 1.06. The predicted molar refractivity (Wildman–Crippen MR) is 194 cm³/mol. The van der Waals surface area contributed by atoms with Gasteiger partial charge < -0.3 is 5.11 Å². The summed E-state index contributed by atoms with van der Waals surface area (Å²) >= 11 is 3.16. The van der Waals surface area contributed by atoms with Crippen molar-refractivity contribution >= 4 is 40.4 Å². The van der Waals surface area contributed by atoms with Crippen LogP contribution in [0.4, 0.5) is 13.2 Å². The first kappa shape index (κ1) is 40.0. The highest BCUT2D eigenvalue weighted by molar-refractivity contribution is 14.1. The van der Waals surface area contributed by atoms with E-state index in [-0.39, 0.29) is 10.8 Å². The Labute approximate surface area is 296 Å². The summed E-state index contributed by atoms with van der Waals surface area (Å²) < 4.78 is 43.9. The topological polar surface area (TPSA) is 49.3 Å². The average molecular weight is 780 g/mol. The third kappa shape index (κ3) is 9.39. The van der Waals surface area contributed by atoms with Crippen molar-refractivity contribution in [1.82, 2.24) is 4.72 Å².